The Labute approximate surface area is 167 Å². The Kier molecular flexibility index (Phi) is 5.90. The number of benzene rings is 2. The molecular weight excluding hydrogens is 415 g/mol. The van der Waals surface area contributed by atoms with Crippen LogP contribution in [0.5, 0.6) is 0 Å². The van der Waals surface area contributed by atoms with Gasteiger partial charge in [0.05, 0.1) is 16.5 Å². The zero-order valence-corrected chi connectivity index (χ0v) is 15.9. The van der Waals surface area contributed by atoms with Crippen LogP contribution in [-0.2, 0) is 11.0 Å². The minimum Gasteiger partial charge on any atom is -0.325 e. The number of carbonyl (C=O) groups is 1. The van der Waals surface area contributed by atoms with E-state index in [0.717, 1.165) is 23.9 Å². The van der Waals surface area contributed by atoms with Crippen LogP contribution in [0.15, 0.2) is 53.7 Å². The van der Waals surface area contributed by atoms with E-state index >= 15 is 0 Å². The molecule has 1 heterocycles. The van der Waals surface area contributed by atoms with Gasteiger partial charge in [0.1, 0.15) is 0 Å². The molecule has 3 rings (SSSR count). The number of nitrogens with zero attached hydrogens (tertiary/aromatic N) is 4. The van der Waals surface area contributed by atoms with E-state index < -0.39 is 22.9 Å². The molecule has 3 aromatic rings. The van der Waals surface area contributed by atoms with Crippen LogP contribution in [0.25, 0.3) is 5.69 Å². The van der Waals surface area contributed by atoms with Crippen molar-refractivity contribution in [3.05, 3.63) is 59.1 Å². The number of carbonyl (C=O) groups excluding carboxylic acids is 1. The summed E-state index contributed by atoms with van der Waals surface area (Å²) in [5.74, 6) is -0.393. The third kappa shape index (κ3) is 4.82. The van der Waals surface area contributed by atoms with Gasteiger partial charge in [-0.2, -0.15) is 17.9 Å². The Morgan fingerprint density at radius 3 is 2.39 bits per heavy atom. The zero-order chi connectivity index (χ0) is 20.3. The van der Waals surface area contributed by atoms with Gasteiger partial charge in [0.25, 0.3) is 0 Å². The standard InChI is InChI=1S/C17H13ClF3N5OS/c1-10(15(27)22-13-6-2-11(3-7-13)17(19,20)21)28-16-23-24-25-26(16)14-8-4-12(18)5-9-14/h2-10H,1H3,(H,22,27). The summed E-state index contributed by atoms with van der Waals surface area (Å²) in [6.45, 7) is 1.64. The molecule has 0 aliphatic heterocycles. The lowest BCUT2D eigenvalue weighted by atomic mass is 10.2. The number of alkyl halides is 3. The van der Waals surface area contributed by atoms with E-state index in [2.05, 4.69) is 20.8 Å². The number of hydrogen-bond donors (Lipinski definition) is 1. The van der Waals surface area contributed by atoms with Crippen molar-refractivity contribution in [3.8, 4) is 5.69 Å². The number of thioether (sulfide) groups is 1. The predicted octanol–water partition coefficient (Wildman–Crippen LogP) is 4.45. The van der Waals surface area contributed by atoms with E-state index in [-0.39, 0.29) is 5.69 Å². The van der Waals surface area contributed by atoms with Crippen molar-refractivity contribution >= 4 is 35.0 Å². The predicted molar refractivity (Wildman–Crippen MR) is 99.6 cm³/mol. The summed E-state index contributed by atoms with van der Waals surface area (Å²) >= 11 is 6.98. The number of rotatable bonds is 5. The van der Waals surface area contributed by atoms with Crippen LogP contribution < -0.4 is 5.32 Å². The summed E-state index contributed by atoms with van der Waals surface area (Å²) in [5, 5.41) is 14.4. The van der Waals surface area contributed by atoms with Gasteiger partial charge in [0.15, 0.2) is 0 Å². The first-order valence-corrected chi connectivity index (χ1v) is 9.19. The molecule has 0 spiro atoms. The molecule has 1 N–H and O–H groups in total. The highest BCUT2D eigenvalue weighted by molar-refractivity contribution is 8.00. The van der Waals surface area contributed by atoms with E-state index in [9.17, 15) is 18.0 Å². The number of halogens is 4. The number of tetrazole rings is 1. The van der Waals surface area contributed by atoms with Crippen molar-refractivity contribution in [3.63, 3.8) is 0 Å². The van der Waals surface area contributed by atoms with Crippen molar-refractivity contribution in [2.45, 2.75) is 23.5 Å². The second-order valence-electron chi connectivity index (χ2n) is 5.67. The highest BCUT2D eigenvalue weighted by Crippen LogP contribution is 2.30. The molecule has 0 saturated carbocycles. The Bertz CT molecular complexity index is 960. The maximum Gasteiger partial charge on any atom is 0.416 e. The molecule has 0 radical (unpaired) electrons. The first-order chi connectivity index (χ1) is 13.2. The van der Waals surface area contributed by atoms with Gasteiger partial charge in [-0.05, 0) is 65.9 Å². The third-order valence-electron chi connectivity index (χ3n) is 3.64. The lowest BCUT2D eigenvalue weighted by Crippen LogP contribution is -2.23. The number of anilines is 1. The van der Waals surface area contributed by atoms with Gasteiger partial charge in [-0.15, -0.1) is 5.10 Å². The SMILES string of the molecule is CC(Sc1nnnn1-c1ccc(Cl)cc1)C(=O)Nc1ccc(C(F)(F)F)cc1. The monoisotopic (exact) mass is 427 g/mol. The van der Waals surface area contributed by atoms with Gasteiger partial charge in [-0.25, -0.2) is 0 Å². The fraction of sp³-hybridized carbons (Fsp3) is 0.176. The van der Waals surface area contributed by atoms with Crippen LogP contribution in [0.2, 0.25) is 5.02 Å². The molecule has 2 aromatic carbocycles. The smallest absolute Gasteiger partial charge is 0.325 e. The highest BCUT2D eigenvalue weighted by Gasteiger charge is 2.30. The van der Waals surface area contributed by atoms with Crippen LogP contribution in [0, 0.1) is 0 Å². The van der Waals surface area contributed by atoms with Crippen molar-refractivity contribution in [2.75, 3.05) is 5.32 Å². The maximum absolute atomic E-state index is 12.6. The van der Waals surface area contributed by atoms with Crippen molar-refractivity contribution in [2.24, 2.45) is 0 Å². The summed E-state index contributed by atoms with van der Waals surface area (Å²) < 4.78 is 39.3. The van der Waals surface area contributed by atoms with Crippen molar-refractivity contribution in [1.82, 2.24) is 20.2 Å². The molecule has 11 heteroatoms. The lowest BCUT2D eigenvalue weighted by molar-refractivity contribution is -0.137. The average molecular weight is 428 g/mol. The molecule has 1 amide bonds. The molecule has 0 aliphatic carbocycles. The molecule has 0 aliphatic rings. The second-order valence-corrected chi connectivity index (χ2v) is 7.42. The molecule has 6 nitrogen and oxygen atoms in total. The summed E-state index contributed by atoms with van der Waals surface area (Å²) in [6.07, 6.45) is -4.43. The summed E-state index contributed by atoms with van der Waals surface area (Å²) in [4.78, 5) is 12.4. The van der Waals surface area contributed by atoms with E-state index in [4.69, 9.17) is 11.6 Å². The maximum atomic E-state index is 12.6. The average Bonchev–Trinajstić information content (AvgIpc) is 3.10. The van der Waals surface area contributed by atoms with Gasteiger partial charge in [-0.3, -0.25) is 4.79 Å². The Hall–Kier alpha value is -2.59. The second kappa shape index (κ2) is 8.19. The zero-order valence-electron chi connectivity index (χ0n) is 14.3. The Morgan fingerprint density at radius 1 is 1.14 bits per heavy atom. The molecule has 1 atom stereocenters. The van der Waals surface area contributed by atoms with Gasteiger partial charge < -0.3 is 5.32 Å². The number of nitrogens with one attached hydrogen (secondary N) is 1. The van der Waals surface area contributed by atoms with Gasteiger partial charge >= 0.3 is 6.18 Å². The van der Waals surface area contributed by atoms with E-state index in [1.807, 2.05) is 0 Å². The molecule has 28 heavy (non-hydrogen) atoms. The van der Waals surface area contributed by atoms with Crippen molar-refractivity contribution < 1.29 is 18.0 Å². The molecule has 0 fully saturated rings. The summed E-state index contributed by atoms with van der Waals surface area (Å²) in [7, 11) is 0. The highest BCUT2D eigenvalue weighted by atomic mass is 35.5. The fourth-order valence-corrected chi connectivity index (χ4v) is 3.13. The summed E-state index contributed by atoms with van der Waals surface area (Å²) in [5.41, 5.74) is 0.157. The summed E-state index contributed by atoms with van der Waals surface area (Å²) in [6, 6.07) is 11.1. The number of aromatic nitrogens is 4. The first-order valence-electron chi connectivity index (χ1n) is 7.93. The van der Waals surface area contributed by atoms with Crippen LogP contribution in [0.4, 0.5) is 18.9 Å². The molecule has 1 unspecified atom stereocenters. The molecule has 146 valence electrons. The van der Waals surface area contributed by atoms with Gasteiger partial charge in [0, 0.05) is 10.7 Å². The largest absolute Gasteiger partial charge is 0.416 e. The Balaban J connectivity index is 1.67. The van der Waals surface area contributed by atoms with E-state index in [1.54, 1.807) is 31.2 Å². The van der Waals surface area contributed by atoms with Gasteiger partial charge in [-0.1, -0.05) is 23.4 Å². The molecule has 0 bridgehead atoms. The topological polar surface area (TPSA) is 72.7 Å². The van der Waals surface area contributed by atoms with Crippen LogP contribution in [0.1, 0.15) is 12.5 Å². The van der Waals surface area contributed by atoms with Crippen molar-refractivity contribution in [1.29, 1.82) is 0 Å². The lowest BCUT2D eigenvalue weighted by Gasteiger charge is -2.12. The van der Waals surface area contributed by atoms with Crippen LogP contribution >= 0.6 is 23.4 Å². The minimum absolute atomic E-state index is 0.266. The molecule has 0 saturated heterocycles. The number of amides is 1. The first kappa shape index (κ1) is 20.2. The van der Waals surface area contributed by atoms with Gasteiger partial charge in [0.2, 0.25) is 11.1 Å². The minimum atomic E-state index is -4.43. The van der Waals surface area contributed by atoms with E-state index in [0.29, 0.717) is 15.9 Å². The Morgan fingerprint density at radius 2 is 1.79 bits per heavy atom. The quantitative estimate of drug-likeness (QED) is 0.609. The third-order valence-corrected chi connectivity index (χ3v) is 4.93. The number of hydrogen-bond acceptors (Lipinski definition) is 5. The van der Waals surface area contributed by atoms with Crippen LogP contribution in [0.3, 0.4) is 0 Å². The molecule has 1 aromatic heterocycles. The van der Waals surface area contributed by atoms with Crippen LogP contribution in [-0.4, -0.2) is 31.4 Å². The molecular formula is C17H13ClF3N5OS. The fourth-order valence-electron chi connectivity index (χ4n) is 2.19. The normalized spacial score (nSPS) is 12.6. The van der Waals surface area contributed by atoms with E-state index in [1.165, 1.54) is 16.8 Å².